The van der Waals surface area contributed by atoms with Crippen LogP contribution in [0.2, 0.25) is 0 Å². The number of halogens is 1. The molecule has 2 aromatic rings. The zero-order valence-corrected chi connectivity index (χ0v) is 16.9. The maximum Gasteiger partial charge on any atom is 0.267 e. The Kier molecular flexibility index (Phi) is 6.21. The number of hydrogen-bond donors (Lipinski definition) is 2. The van der Waals surface area contributed by atoms with E-state index in [0.717, 1.165) is 37.2 Å². The highest BCUT2D eigenvalue weighted by Gasteiger charge is 2.13. The zero-order chi connectivity index (χ0) is 18.6. The lowest BCUT2D eigenvalue weighted by molar-refractivity contribution is -0.112. The molecule has 128 valence electrons. The molecule has 0 atom stereocenters. The number of rotatable bonds is 4. The van der Waals surface area contributed by atoms with Crippen LogP contribution in [0.3, 0.4) is 0 Å². The van der Waals surface area contributed by atoms with Crippen molar-refractivity contribution in [3.63, 3.8) is 0 Å². The largest absolute Gasteiger partial charge is 0.360 e. The second kappa shape index (κ2) is 8.17. The summed E-state index contributed by atoms with van der Waals surface area (Å²) in [5.41, 5.74) is 5.78. The van der Waals surface area contributed by atoms with Crippen LogP contribution < -0.4 is 10.6 Å². The van der Waals surface area contributed by atoms with E-state index in [4.69, 9.17) is 0 Å². The van der Waals surface area contributed by atoms with E-state index in [1.807, 2.05) is 64.1 Å². The van der Waals surface area contributed by atoms with Crippen molar-refractivity contribution in [2.24, 2.45) is 0 Å². The van der Waals surface area contributed by atoms with E-state index in [2.05, 4.69) is 33.2 Å². The van der Waals surface area contributed by atoms with E-state index in [0.29, 0.717) is 0 Å². The smallest absolute Gasteiger partial charge is 0.267 e. The number of nitriles is 1. The fourth-order valence-electron chi connectivity index (χ4n) is 2.65. The minimum absolute atomic E-state index is 0.0253. The van der Waals surface area contributed by atoms with Gasteiger partial charge in [-0.15, -0.1) is 0 Å². The van der Waals surface area contributed by atoms with Gasteiger partial charge in [-0.1, -0.05) is 17.7 Å². The Morgan fingerprint density at radius 1 is 1.08 bits per heavy atom. The fraction of sp³-hybridized carbons (Fsp3) is 0.200. The van der Waals surface area contributed by atoms with Gasteiger partial charge in [-0.2, -0.15) is 5.26 Å². The maximum absolute atomic E-state index is 12.5. The topological polar surface area (TPSA) is 64.9 Å². The van der Waals surface area contributed by atoms with Crippen LogP contribution in [0.15, 0.2) is 42.1 Å². The van der Waals surface area contributed by atoms with Crippen LogP contribution in [-0.4, -0.2) is 5.91 Å². The lowest BCUT2D eigenvalue weighted by Crippen LogP contribution is -2.16. The average Bonchev–Trinajstić information content (AvgIpc) is 2.53. The number of hydrogen-bond acceptors (Lipinski definition) is 3. The molecule has 0 aliphatic heterocycles. The molecule has 0 radical (unpaired) electrons. The summed E-state index contributed by atoms with van der Waals surface area (Å²) < 4.78 is 1.13. The molecule has 2 rings (SSSR count). The molecule has 0 aromatic heterocycles. The van der Waals surface area contributed by atoms with Gasteiger partial charge in [-0.25, -0.2) is 0 Å². The molecule has 2 N–H and O–H groups in total. The van der Waals surface area contributed by atoms with Crippen molar-refractivity contribution in [3.05, 3.63) is 67.9 Å². The summed E-state index contributed by atoms with van der Waals surface area (Å²) >= 11 is 2.24. The minimum Gasteiger partial charge on any atom is -0.360 e. The summed E-state index contributed by atoms with van der Waals surface area (Å²) in [5, 5.41) is 15.2. The molecule has 2 aromatic carbocycles. The molecule has 0 heterocycles. The molecule has 4 nitrogen and oxygen atoms in total. The van der Waals surface area contributed by atoms with Gasteiger partial charge in [-0.3, -0.25) is 4.79 Å². The second-order valence-corrected chi connectivity index (χ2v) is 7.25. The van der Waals surface area contributed by atoms with E-state index in [-0.39, 0.29) is 5.57 Å². The van der Waals surface area contributed by atoms with Gasteiger partial charge >= 0.3 is 0 Å². The third kappa shape index (κ3) is 4.83. The van der Waals surface area contributed by atoms with E-state index in [1.54, 1.807) is 0 Å². The van der Waals surface area contributed by atoms with Crippen molar-refractivity contribution in [1.82, 2.24) is 0 Å². The normalized spacial score (nSPS) is 11.0. The average molecular weight is 445 g/mol. The number of carbonyl (C=O) groups excluding carboxylic acids is 1. The van der Waals surface area contributed by atoms with Crippen molar-refractivity contribution in [1.29, 1.82) is 5.26 Å². The van der Waals surface area contributed by atoms with Crippen molar-refractivity contribution in [2.45, 2.75) is 27.7 Å². The molecule has 0 saturated carbocycles. The van der Waals surface area contributed by atoms with Crippen LogP contribution in [0.4, 0.5) is 11.4 Å². The molecule has 5 heteroatoms. The standard InChI is InChI=1S/C20H20IN3O/c1-12-7-14(3)19(15(4)8-12)24-20(25)16(10-22)11-23-18-6-5-17(21)9-13(18)2/h5-9,11,23H,1-4H3,(H,24,25)/b16-11-. The van der Waals surface area contributed by atoms with Gasteiger partial charge in [-0.05, 0) is 85.2 Å². The number of nitrogens with zero attached hydrogens (tertiary/aromatic N) is 1. The molecule has 0 spiro atoms. The van der Waals surface area contributed by atoms with Crippen LogP contribution in [0.5, 0.6) is 0 Å². The Hall–Kier alpha value is -2.33. The number of nitrogens with one attached hydrogen (secondary N) is 2. The Balaban J connectivity index is 2.20. The Morgan fingerprint density at radius 2 is 1.72 bits per heavy atom. The first-order valence-electron chi connectivity index (χ1n) is 7.84. The van der Waals surface area contributed by atoms with E-state index >= 15 is 0 Å². The Labute approximate surface area is 162 Å². The van der Waals surface area contributed by atoms with Crippen molar-refractivity contribution < 1.29 is 4.79 Å². The quantitative estimate of drug-likeness (QED) is 0.396. The molecule has 0 bridgehead atoms. The monoisotopic (exact) mass is 445 g/mol. The van der Waals surface area contributed by atoms with Crippen LogP contribution in [0, 0.1) is 42.6 Å². The van der Waals surface area contributed by atoms with Gasteiger partial charge in [0.2, 0.25) is 0 Å². The number of carbonyl (C=O) groups is 1. The molecule has 0 aliphatic rings. The van der Waals surface area contributed by atoms with E-state index in [9.17, 15) is 10.1 Å². The lowest BCUT2D eigenvalue weighted by Gasteiger charge is -2.12. The zero-order valence-electron chi connectivity index (χ0n) is 14.7. The van der Waals surface area contributed by atoms with Crippen LogP contribution in [0.1, 0.15) is 22.3 Å². The van der Waals surface area contributed by atoms with Gasteiger partial charge in [0.1, 0.15) is 11.6 Å². The molecule has 0 unspecified atom stereocenters. The number of benzene rings is 2. The van der Waals surface area contributed by atoms with Crippen LogP contribution in [0.25, 0.3) is 0 Å². The molecule has 0 fully saturated rings. The molecule has 0 aliphatic carbocycles. The molecule has 1 amide bonds. The molecular weight excluding hydrogens is 425 g/mol. The third-order valence-electron chi connectivity index (χ3n) is 3.84. The summed E-state index contributed by atoms with van der Waals surface area (Å²) in [4.78, 5) is 12.5. The van der Waals surface area contributed by atoms with Crippen molar-refractivity contribution >= 4 is 39.9 Å². The highest BCUT2D eigenvalue weighted by molar-refractivity contribution is 14.1. The second-order valence-electron chi connectivity index (χ2n) is 6.00. The first-order valence-corrected chi connectivity index (χ1v) is 8.92. The summed E-state index contributed by atoms with van der Waals surface area (Å²) in [6.07, 6.45) is 1.45. The summed E-state index contributed by atoms with van der Waals surface area (Å²) in [6.45, 7) is 7.88. The number of aryl methyl sites for hydroxylation is 4. The minimum atomic E-state index is -0.423. The Bertz CT molecular complexity index is 871. The van der Waals surface area contributed by atoms with Gasteiger partial charge in [0.05, 0.1) is 0 Å². The fourth-order valence-corrected chi connectivity index (χ4v) is 3.29. The lowest BCUT2D eigenvalue weighted by atomic mass is 10.0. The predicted octanol–water partition coefficient (Wildman–Crippen LogP) is 4.98. The first kappa shape index (κ1) is 19.0. The van der Waals surface area contributed by atoms with Crippen LogP contribution >= 0.6 is 22.6 Å². The summed E-state index contributed by atoms with van der Waals surface area (Å²) in [6, 6.07) is 11.9. The van der Waals surface area contributed by atoms with Gasteiger partial charge in [0.25, 0.3) is 5.91 Å². The third-order valence-corrected chi connectivity index (χ3v) is 4.51. The van der Waals surface area contributed by atoms with Gasteiger partial charge < -0.3 is 10.6 Å². The first-order chi connectivity index (χ1) is 11.8. The van der Waals surface area contributed by atoms with Gasteiger partial charge in [0, 0.05) is 21.1 Å². The van der Waals surface area contributed by atoms with E-state index in [1.165, 1.54) is 6.20 Å². The van der Waals surface area contributed by atoms with Gasteiger partial charge in [0.15, 0.2) is 0 Å². The highest BCUT2D eigenvalue weighted by Crippen LogP contribution is 2.23. The number of anilines is 2. The molecule has 25 heavy (non-hydrogen) atoms. The SMILES string of the molecule is Cc1cc(C)c(NC(=O)/C(C#N)=C\Nc2ccc(I)cc2C)c(C)c1. The Morgan fingerprint density at radius 3 is 2.28 bits per heavy atom. The molecular formula is C20H20IN3O. The highest BCUT2D eigenvalue weighted by atomic mass is 127. The summed E-state index contributed by atoms with van der Waals surface area (Å²) in [5.74, 6) is -0.423. The van der Waals surface area contributed by atoms with E-state index < -0.39 is 5.91 Å². The van der Waals surface area contributed by atoms with Crippen molar-refractivity contribution in [2.75, 3.05) is 10.6 Å². The van der Waals surface area contributed by atoms with Crippen LogP contribution in [-0.2, 0) is 4.79 Å². The van der Waals surface area contributed by atoms with Crippen molar-refractivity contribution in [3.8, 4) is 6.07 Å². The molecule has 0 saturated heterocycles. The summed E-state index contributed by atoms with van der Waals surface area (Å²) in [7, 11) is 0. The number of amides is 1. The maximum atomic E-state index is 12.5. The predicted molar refractivity (Wildman–Crippen MR) is 110 cm³/mol.